The number of rotatable bonds is 2. The van der Waals surface area contributed by atoms with E-state index in [-0.39, 0.29) is 23.3 Å². The number of anilines is 2. The Labute approximate surface area is 229 Å². The minimum absolute atomic E-state index is 0.0549. The first kappa shape index (κ1) is 24.0. The summed E-state index contributed by atoms with van der Waals surface area (Å²) in [4.78, 5) is 21.4. The van der Waals surface area contributed by atoms with Crippen molar-refractivity contribution in [2.45, 2.75) is 58.0 Å². The van der Waals surface area contributed by atoms with Gasteiger partial charge >= 0.3 is 0 Å². The van der Waals surface area contributed by atoms with E-state index in [1.54, 1.807) is 0 Å². The fourth-order valence-corrected chi connectivity index (χ4v) is 6.95. The van der Waals surface area contributed by atoms with Crippen molar-refractivity contribution >= 4 is 34.0 Å². The lowest BCUT2D eigenvalue weighted by molar-refractivity contribution is -0.116. The number of nitrogens with zero attached hydrogens (tertiary/aromatic N) is 3. The van der Waals surface area contributed by atoms with Gasteiger partial charge in [-0.1, -0.05) is 48.5 Å². The number of fused-ring (bicyclic) bond motifs is 4. The second kappa shape index (κ2) is 8.44. The highest BCUT2D eigenvalue weighted by Crippen LogP contribution is 2.48. The molecule has 196 valence electrons. The van der Waals surface area contributed by atoms with Crippen molar-refractivity contribution in [1.82, 2.24) is 9.55 Å². The third kappa shape index (κ3) is 3.59. The van der Waals surface area contributed by atoms with Crippen LogP contribution in [0.4, 0.5) is 11.6 Å². The number of aryl methyl sites for hydroxylation is 1. The van der Waals surface area contributed by atoms with Crippen LogP contribution in [0.3, 0.4) is 0 Å². The summed E-state index contributed by atoms with van der Waals surface area (Å²) < 4.78 is 2.23. The van der Waals surface area contributed by atoms with Crippen LogP contribution in [0.2, 0.25) is 0 Å². The monoisotopic (exact) mass is 514 g/mol. The van der Waals surface area contributed by atoms with Crippen molar-refractivity contribution in [3.05, 3.63) is 106 Å². The number of likely N-dealkylation sites (N-methyl/N-ethyl adjacent to an activating group) is 1. The van der Waals surface area contributed by atoms with Gasteiger partial charge in [0.1, 0.15) is 0 Å². The molecule has 5 heteroatoms. The molecule has 0 saturated heterocycles. The number of imidazole rings is 1. The van der Waals surface area contributed by atoms with Crippen LogP contribution in [-0.4, -0.2) is 27.9 Å². The number of carbonyl (C=O) groups is 1. The van der Waals surface area contributed by atoms with Crippen molar-refractivity contribution in [1.29, 1.82) is 0 Å². The Morgan fingerprint density at radius 3 is 2.56 bits per heavy atom. The standard InChI is InChI=1S/C34H34N4O/c1-20-10-6-7-11-24(20)23-17-27-31(30(39)18-23)32(38-29-13-9-8-12-26(29)35-33(38)36-27)22-14-15-28-25(16-22)21(2)19-34(3,4)37(28)5/h6-16,19,23,32H,17-18H2,1-5H3,(H,35,36)/t23-,32+/m0/s1. The number of Topliss-reactive ketones (excluding diaryl/α,β-unsaturated/α-hetero) is 1. The van der Waals surface area contributed by atoms with E-state index in [4.69, 9.17) is 4.98 Å². The van der Waals surface area contributed by atoms with E-state index in [0.29, 0.717) is 6.42 Å². The maximum absolute atomic E-state index is 14.1. The zero-order valence-corrected chi connectivity index (χ0v) is 23.2. The zero-order valence-electron chi connectivity index (χ0n) is 23.2. The second-order valence-corrected chi connectivity index (χ2v) is 11.9. The van der Waals surface area contributed by atoms with Crippen molar-refractivity contribution in [3.8, 4) is 0 Å². The van der Waals surface area contributed by atoms with Gasteiger partial charge in [0.05, 0.1) is 22.6 Å². The smallest absolute Gasteiger partial charge is 0.209 e. The Morgan fingerprint density at radius 1 is 0.974 bits per heavy atom. The summed E-state index contributed by atoms with van der Waals surface area (Å²) in [6.45, 7) is 8.82. The third-order valence-electron chi connectivity index (χ3n) is 9.08. The summed E-state index contributed by atoms with van der Waals surface area (Å²) in [6, 6.07) is 23.2. The SMILES string of the molecule is CC1=CC(C)(C)N(C)c2ccc([C@@H]3C4=C(C[C@H](c5ccccc5C)CC4=O)Nc4nc5ccccc5n43)cc21. The van der Waals surface area contributed by atoms with Crippen molar-refractivity contribution < 1.29 is 4.79 Å². The number of hydrogen-bond donors (Lipinski definition) is 1. The Bertz CT molecular complexity index is 1740. The number of allylic oxidation sites excluding steroid dienone is 3. The summed E-state index contributed by atoms with van der Waals surface area (Å²) in [5, 5.41) is 3.62. The predicted molar refractivity (Wildman–Crippen MR) is 159 cm³/mol. The maximum Gasteiger partial charge on any atom is 0.209 e. The summed E-state index contributed by atoms with van der Waals surface area (Å²) in [7, 11) is 2.16. The quantitative estimate of drug-likeness (QED) is 0.303. The highest BCUT2D eigenvalue weighted by Gasteiger charge is 2.40. The molecule has 3 aromatic carbocycles. The lowest BCUT2D eigenvalue weighted by atomic mass is 9.76. The maximum atomic E-state index is 14.1. The average molecular weight is 515 g/mol. The molecule has 0 spiro atoms. The van der Waals surface area contributed by atoms with Crippen molar-refractivity contribution in [2.24, 2.45) is 0 Å². The number of ketones is 1. The van der Waals surface area contributed by atoms with Gasteiger partial charge in [-0.3, -0.25) is 9.36 Å². The highest BCUT2D eigenvalue weighted by molar-refractivity contribution is 6.01. The molecule has 0 amide bonds. The Hall–Kier alpha value is -4.12. The van der Waals surface area contributed by atoms with Crippen LogP contribution in [0.15, 0.2) is 84.1 Å². The number of carbonyl (C=O) groups excluding carboxylic acids is 1. The average Bonchev–Trinajstić information content (AvgIpc) is 3.28. The molecule has 1 aliphatic carbocycles. The molecule has 2 atom stereocenters. The summed E-state index contributed by atoms with van der Waals surface area (Å²) >= 11 is 0. The first-order chi connectivity index (χ1) is 18.7. The van der Waals surface area contributed by atoms with Crippen molar-refractivity contribution in [2.75, 3.05) is 17.3 Å². The first-order valence-corrected chi connectivity index (χ1v) is 13.9. The second-order valence-electron chi connectivity index (χ2n) is 11.9. The molecular weight excluding hydrogens is 480 g/mol. The molecule has 39 heavy (non-hydrogen) atoms. The Kier molecular flexibility index (Phi) is 5.18. The first-order valence-electron chi connectivity index (χ1n) is 13.9. The van der Waals surface area contributed by atoms with Crippen LogP contribution in [0, 0.1) is 6.92 Å². The number of hydrogen-bond acceptors (Lipinski definition) is 4. The van der Waals surface area contributed by atoms with E-state index < -0.39 is 0 Å². The largest absolute Gasteiger partial charge is 0.366 e. The summed E-state index contributed by atoms with van der Waals surface area (Å²) in [5.74, 6) is 1.18. The number of aromatic nitrogens is 2. The van der Waals surface area contributed by atoms with E-state index in [1.165, 1.54) is 28.0 Å². The van der Waals surface area contributed by atoms with E-state index in [9.17, 15) is 4.79 Å². The van der Waals surface area contributed by atoms with E-state index in [0.717, 1.165) is 40.2 Å². The molecule has 5 nitrogen and oxygen atoms in total. The van der Waals surface area contributed by atoms with Gasteiger partial charge in [0.25, 0.3) is 0 Å². The molecule has 2 aliphatic heterocycles. The van der Waals surface area contributed by atoms with Crippen molar-refractivity contribution in [3.63, 3.8) is 0 Å². The third-order valence-corrected chi connectivity index (χ3v) is 9.08. The molecule has 0 fully saturated rings. The van der Waals surface area contributed by atoms with Crippen LogP contribution in [0.1, 0.15) is 67.8 Å². The number of nitrogens with one attached hydrogen (secondary N) is 1. The van der Waals surface area contributed by atoms with Gasteiger partial charge in [-0.15, -0.1) is 0 Å². The van der Waals surface area contributed by atoms with Gasteiger partial charge in [0.15, 0.2) is 5.78 Å². The summed E-state index contributed by atoms with van der Waals surface area (Å²) in [5.41, 5.74) is 11.1. The molecule has 1 aromatic heterocycles. The molecule has 3 heterocycles. The van der Waals surface area contributed by atoms with Gasteiger partial charge in [0, 0.05) is 36.0 Å². The molecule has 1 N–H and O–H groups in total. The van der Waals surface area contributed by atoms with Gasteiger partial charge < -0.3 is 10.2 Å². The van der Waals surface area contributed by atoms with Gasteiger partial charge in [0.2, 0.25) is 5.95 Å². The molecule has 0 unspecified atom stereocenters. The number of para-hydroxylation sites is 2. The normalized spacial score (nSPS) is 21.7. The molecule has 4 aromatic rings. The fraction of sp³-hybridized carbons (Fsp3) is 0.294. The van der Waals surface area contributed by atoms with Gasteiger partial charge in [-0.2, -0.15) is 0 Å². The van der Waals surface area contributed by atoms with Crippen LogP contribution in [-0.2, 0) is 4.79 Å². The van der Waals surface area contributed by atoms with E-state index >= 15 is 0 Å². The highest BCUT2D eigenvalue weighted by atomic mass is 16.1. The van der Waals surface area contributed by atoms with Crippen LogP contribution >= 0.6 is 0 Å². The Balaban J connectivity index is 1.42. The topological polar surface area (TPSA) is 50.2 Å². The fourth-order valence-electron chi connectivity index (χ4n) is 6.95. The number of benzene rings is 3. The minimum Gasteiger partial charge on any atom is -0.366 e. The predicted octanol–water partition coefficient (Wildman–Crippen LogP) is 7.39. The van der Waals surface area contributed by atoms with Gasteiger partial charge in [-0.05, 0) is 86.6 Å². The van der Waals surface area contributed by atoms with Crippen LogP contribution < -0.4 is 10.2 Å². The molecule has 0 bridgehead atoms. The Morgan fingerprint density at radius 2 is 1.74 bits per heavy atom. The summed E-state index contributed by atoms with van der Waals surface area (Å²) in [6.07, 6.45) is 3.65. The van der Waals surface area contributed by atoms with Crippen LogP contribution in [0.25, 0.3) is 16.6 Å². The minimum atomic E-state index is -0.229. The zero-order chi connectivity index (χ0) is 27.1. The molecule has 0 saturated carbocycles. The van der Waals surface area contributed by atoms with E-state index in [2.05, 4.69) is 104 Å². The molecular formula is C34H34N4O. The van der Waals surface area contributed by atoms with Crippen LogP contribution in [0.5, 0.6) is 0 Å². The lowest BCUT2D eigenvalue weighted by Gasteiger charge is -2.41. The molecule has 0 radical (unpaired) electrons. The molecule has 3 aliphatic rings. The lowest BCUT2D eigenvalue weighted by Crippen LogP contribution is -2.42. The van der Waals surface area contributed by atoms with Gasteiger partial charge in [-0.25, -0.2) is 4.98 Å². The van der Waals surface area contributed by atoms with E-state index in [1.807, 2.05) is 18.2 Å². The molecule has 7 rings (SSSR count).